The van der Waals surface area contributed by atoms with Gasteiger partial charge < -0.3 is 30.3 Å². The number of anilines is 2. The van der Waals surface area contributed by atoms with E-state index in [2.05, 4.69) is 51.8 Å². The number of benzene rings is 2. The van der Waals surface area contributed by atoms with E-state index < -0.39 is 0 Å². The molecule has 0 saturated heterocycles. The van der Waals surface area contributed by atoms with Crippen LogP contribution in [0, 0.1) is 12.3 Å². The second-order valence-electron chi connectivity index (χ2n) is 7.14. The molecule has 0 bridgehead atoms. The Balaban J connectivity index is 1.81. The Labute approximate surface area is 188 Å². The number of nitrogens with zero attached hydrogens (tertiary/aromatic N) is 2. The van der Waals surface area contributed by atoms with E-state index in [0.29, 0.717) is 43.5 Å². The van der Waals surface area contributed by atoms with Crippen LogP contribution in [0.4, 0.5) is 11.6 Å². The maximum atomic E-state index is 7.95. The fourth-order valence-corrected chi connectivity index (χ4v) is 2.96. The van der Waals surface area contributed by atoms with Crippen molar-refractivity contribution in [3.8, 4) is 11.8 Å². The number of ether oxygens (including phenoxy) is 3. The van der Waals surface area contributed by atoms with Crippen LogP contribution in [-0.4, -0.2) is 43.6 Å². The van der Waals surface area contributed by atoms with E-state index >= 15 is 0 Å². The standard InChI is InChI=1S/C24H29N5O3/c1-17-4-6-18(7-5-17)15-26-22-21(14-25)23(29-24(28-22)32-13-12-30-2)27-16-19-8-10-20(31-3)11-9-19/h4-11,14,25H,12-13,15-16H2,1-3H3,(H2,26,27,28,29). The highest BCUT2D eigenvalue weighted by atomic mass is 16.5. The van der Waals surface area contributed by atoms with Gasteiger partial charge in [0.05, 0.1) is 19.3 Å². The third-order valence-electron chi connectivity index (χ3n) is 4.79. The summed E-state index contributed by atoms with van der Waals surface area (Å²) >= 11 is 0. The number of aryl methyl sites for hydroxylation is 1. The first-order chi connectivity index (χ1) is 15.6. The average Bonchev–Trinajstić information content (AvgIpc) is 2.82. The summed E-state index contributed by atoms with van der Waals surface area (Å²) in [5.41, 5.74) is 3.93. The predicted molar refractivity (Wildman–Crippen MR) is 126 cm³/mol. The molecule has 0 unspecified atom stereocenters. The summed E-state index contributed by atoms with van der Waals surface area (Å²) in [6.07, 6.45) is 1.24. The molecule has 0 saturated carbocycles. The number of aromatic nitrogens is 2. The van der Waals surface area contributed by atoms with Crippen LogP contribution >= 0.6 is 0 Å². The molecule has 0 spiro atoms. The van der Waals surface area contributed by atoms with Gasteiger partial charge in [-0.15, -0.1) is 0 Å². The molecule has 0 aliphatic rings. The fourth-order valence-electron chi connectivity index (χ4n) is 2.96. The molecule has 8 heteroatoms. The van der Waals surface area contributed by atoms with Gasteiger partial charge in [0.25, 0.3) is 0 Å². The predicted octanol–water partition coefficient (Wildman–Crippen LogP) is 4.04. The third-order valence-corrected chi connectivity index (χ3v) is 4.79. The highest BCUT2D eigenvalue weighted by molar-refractivity contribution is 5.90. The summed E-state index contributed by atoms with van der Waals surface area (Å²) in [5.74, 6) is 1.84. The Bertz CT molecular complexity index is 1010. The Morgan fingerprint density at radius 1 is 0.844 bits per heavy atom. The first kappa shape index (κ1) is 23.0. The molecule has 0 fully saturated rings. The van der Waals surface area contributed by atoms with Crippen LogP contribution in [0.3, 0.4) is 0 Å². The lowest BCUT2D eigenvalue weighted by Gasteiger charge is -2.15. The molecule has 1 aromatic heterocycles. The molecule has 3 aromatic rings. The molecule has 0 aliphatic heterocycles. The molecule has 0 atom stereocenters. The SMILES string of the molecule is COCCOc1nc(NCc2ccc(C)cc2)c(C=N)c(NCc2ccc(OC)cc2)n1. The van der Waals surface area contributed by atoms with Gasteiger partial charge in [-0.25, -0.2) is 0 Å². The van der Waals surface area contributed by atoms with Crippen LogP contribution in [0.2, 0.25) is 0 Å². The smallest absolute Gasteiger partial charge is 0.320 e. The fraction of sp³-hybridized carbons (Fsp3) is 0.292. The first-order valence-electron chi connectivity index (χ1n) is 10.3. The summed E-state index contributed by atoms with van der Waals surface area (Å²) < 4.78 is 15.9. The minimum atomic E-state index is 0.219. The highest BCUT2D eigenvalue weighted by Crippen LogP contribution is 2.24. The summed E-state index contributed by atoms with van der Waals surface area (Å²) in [6.45, 7) is 3.90. The van der Waals surface area contributed by atoms with Crippen molar-refractivity contribution in [2.24, 2.45) is 0 Å². The zero-order chi connectivity index (χ0) is 22.8. The molecule has 3 N–H and O–H groups in total. The summed E-state index contributed by atoms with van der Waals surface area (Å²) in [5, 5.41) is 14.6. The van der Waals surface area contributed by atoms with Crippen LogP contribution < -0.4 is 20.1 Å². The van der Waals surface area contributed by atoms with Crippen molar-refractivity contribution in [1.82, 2.24) is 9.97 Å². The first-order valence-corrected chi connectivity index (χ1v) is 10.3. The van der Waals surface area contributed by atoms with Crippen molar-refractivity contribution in [3.63, 3.8) is 0 Å². The third kappa shape index (κ3) is 6.42. The average molecular weight is 436 g/mol. The molecule has 0 radical (unpaired) electrons. The summed E-state index contributed by atoms with van der Waals surface area (Å²) in [7, 11) is 3.25. The minimum Gasteiger partial charge on any atom is -0.497 e. The molecule has 2 aromatic carbocycles. The van der Waals surface area contributed by atoms with E-state index in [1.165, 1.54) is 11.8 Å². The van der Waals surface area contributed by atoms with Crippen LogP contribution in [-0.2, 0) is 17.8 Å². The lowest BCUT2D eigenvalue weighted by molar-refractivity contribution is 0.141. The van der Waals surface area contributed by atoms with Gasteiger partial charge in [-0.05, 0) is 30.2 Å². The van der Waals surface area contributed by atoms with Crippen molar-refractivity contribution < 1.29 is 14.2 Å². The Morgan fingerprint density at radius 3 is 1.91 bits per heavy atom. The zero-order valence-corrected chi connectivity index (χ0v) is 18.6. The zero-order valence-electron chi connectivity index (χ0n) is 18.6. The van der Waals surface area contributed by atoms with Crippen molar-refractivity contribution in [3.05, 3.63) is 70.8 Å². The topological polar surface area (TPSA) is 101 Å². The van der Waals surface area contributed by atoms with Gasteiger partial charge >= 0.3 is 6.01 Å². The monoisotopic (exact) mass is 435 g/mol. The molecule has 3 rings (SSSR count). The number of hydrogen-bond donors (Lipinski definition) is 3. The minimum absolute atomic E-state index is 0.219. The van der Waals surface area contributed by atoms with Gasteiger partial charge in [0, 0.05) is 26.4 Å². The van der Waals surface area contributed by atoms with Gasteiger partial charge in [0.1, 0.15) is 24.0 Å². The molecular weight excluding hydrogens is 406 g/mol. The number of hydrogen-bond acceptors (Lipinski definition) is 8. The lowest BCUT2D eigenvalue weighted by Crippen LogP contribution is -2.14. The van der Waals surface area contributed by atoms with Crippen LogP contribution in [0.5, 0.6) is 11.8 Å². The number of methoxy groups -OCH3 is 2. The van der Waals surface area contributed by atoms with E-state index in [0.717, 1.165) is 16.9 Å². The maximum absolute atomic E-state index is 7.95. The summed E-state index contributed by atoms with van der Waals surface area (Å²) in [4.78, 5) is 8.95. The van der Waals surface area contributed by atoms with Gasteiger partial charge in [-0.1, -0.05) is 42.0 Å². The maximum Gasteiger partial charge on any atom is 0.320 e. The highest BCUT2D eigenvalue weighted by Gasteiger charge is 2.14. The quantitative estimate of drug-likeness (QED) is 0.291. The van der Waals surface area contributed by atoms with Crippen LogP contribution in [0.15, 0.2) is 48.5 Å². The summed E-state index contributed by atoms with van der Waals surface area (Å²) in [6, 6.07) is 16.2. The van der Waals surface area contributed by atoms with Gasteiger partial charge in [-0.3, -0.25) is 0 Å². The Morgan fingerprint density at radius 2 is 1.41 bits per heavy atom. The normalized spacial score (nSPS) is 10.5. The van der Waals surface area contributed by atoms with Gasteiger partial charge in [0.2, 0.25) is 0 Å². The van der Waals surface area contributed by atoms with Gasteiger partial charge in [0.15, 0.2) is 0 Å². The Hall–Kier alpha value is -3.65. The van der Waals surface area contributed by atoms with Crippen molar-refractivity contribution >= 4 is 17.9 Å². The lowest BCUT2D eigenvalue weighted by atomic mass is 10.1. The molecule has 8 nitrogen and oxygen atoms in total. The largest absolute Gasteiger partial charge is 0.497 e. The Kier molecular flexibility index (Phi) is 8.39. The molecule has 168 valence electrons. The van der Waals surface area contributed by atoms with Crippen LogP contribution in [0.1, 0.15) is 22.3 Å². The second kappa shape index (κ2) is 11.7. The van der Waals surface area contributed by atoms with Crippen molar-refractivity contribution in [2.75, 3.05) is 38.1 Å². The van der Waals surface area contributed by atoms with Crippen molar-refractivity contribution in [1.29, 1.82) is 5.41 Å². The van der Waals surface area contributed by atoms with E-state index in [1.54, 1.807) is 14.2 Å². The number of nitrogens with one attached hydrogen (secondary N) is 3. The second-order valence-corrected chi connectivity index (χ2v) is 7.14. The molecule has 0 aliphatic carbocycles. The molecule has 1 heterocycles. The van der Waals surface area contributed by atoms with E-state index in [4.69, 9.17) is 19.6 Å². The van der Waals surface area contributed by atoms with Crippen molar-refractivity contribution in [2.45, 2.75) is 20.0 Å². The van der Waals surface area contributed by atoms with E-state index in [1.807, 2.05) is 24.3 Å². The van der Waals surface area contributed by atoms with E-state index in [9.17, 15) is 0 Å². The molecule has 0 amide bonds. The number of rotatable bonds is 12. The molecular formula is C24H29N5O3. The van der Waals surface area contributed by atoms with E-state index in [-0.39, 0.29) is 6.01 Å². The molecule has 32 heavy (non-hydrogen) atoms. The van der Waals surface area contributed by atoms with Crippen LogP contribution in [0.25, 0.3) is 0 Å². The van der Waals surface area contributed by atoms with Gasteiger partial charge in [-0.2, -0.15) is 9.97 Å².